The fraction of sp³-hybridized carbons (Fsp3) is 0.333. The molecule has 0 atom stereocenters. The van der Waals surface area contributed by atoms with Gasteiger partial charge in [0.05, 0.1) is 5.02 Å². The molecule has 0 saturated heterocycles. The summed E-state index contributed by atoms with van der Waals surface area (Å²) in [5.74, 6) is 1.41. The molecule has 106 valence electrons. The van der Waals surface area contributed by atoms with Crippen molar-refractivity contribution in [3.8, 4) is 11.5 Å². The fourth-order valence-electron chi connectivity index (χ4n) is 2.17. The highest BCUT2D eigenvalue weighted by Gasteiger charge is 2.16. The van der Waals surface area contributed by atoms with E-state index in [1.807, 2.05) is 12.1 Å². The van der Waals surface area contributed by atoms with Crippen molar-refractivity contribution < 1.29 is 9.47 Å². The van der Waals surface area contributed by atoms with E-state index >= 15 is 0 Å². The van der Waals surface area contributed by atoms with Gasteiger partial charge in [0.15, 0.2) is 11.5 Å². The standard InChI is InChI=1S/C15H16ClNO2S/c1-10-2-5-20-14(10)9-17-8-11-6-12(16)15-13(7-11)18-3-4-19-15/h2,5-7,17H,3-4,8-9H2,1H3. The van der Waals surface area contributed by atoms with Crippen LogP contribution in [-0.2, 0) is 13.1 Å². The summed E-state index contributed by atoms with van der Waals surface area (Å²) in [5.41, 5.74) is 2.44. The number of aryl methyl sites for hydroxylation is 1. The van der Waals surface area contributed by atoms with E-state index in [-0.39, 0.29) is 0 Å². The lowest BCUT2D eigenvalue weighted by atomic mass is 10.2. The number of thiophene rings is 1. The minimum atomic E-state index is 0.558. The first kappa shape index (κ1) is 13.7. The van der Waals surface area contributed by atoms with Crippen molar-refractivity contribution in [1.29, 1.82) is 0 Å². The van der Waals surface area contributed by atoms with Crippen LogP contribution in [0.4, 0.5) is 0 Å². The molecule has 1 aromatic carbocycles. The summed E-state index contributed by atoms with van der Waals surface area (Å²) in [6.07, 6.45) is 0. The summed E-state index contributed by atoms with van der Waals surface area (Å²) in [6, 6.07) is 6.07. The highest BCUT2D eigenvalue weighted by atomic mass is 35.5. The molecule has 0 unspecified atom stereocenters. The van der Waals surface area contributed by atoms with Crippen LogP contribution in [0.15, 0.2) is 23.6 Å². The topological polar surface area (TPSA) is 30.5 Å². The van der Waals surface area contributed by atoms with E-state index in [9.17, 15) is 0 Å². The Morgan fingerprint density at radius 1 is 1.25 bits per heavy atom. The Labute approximate surface area is 127 Å². The van der Waals surface area contributed by atoms with Gasteiger partial charge >= 0.3 is 0 Å². The maximum Gasteiger partial charge on any atom is 0.179 e. The van der Waals surface area contributed by atoms with Crippen LogP contribution < -0.4 is 14.8 Å². The Hall–Kier alpha value is -1.23. The van der Waals surface area contributed by atoms with Crippen LogP contribution >= 0.6 is 22.9 Å². The van der Waals surface area contributed by atoms with Crippen molar-refractivity contribution in [2.75, 3.05) is 13.2 Å². The third kappa shape index (κ3) is 2.92. The average Bonchev–Trinajstić information content (AvgIpc) is 2.85. The van der Waals surface area contributed by atoms with Gasteiger partial charge in [-0.25, -0.2) is 0 Å². The molecule has 1 N–H and O–H groups in total. The number of hydrogen-bond acceptors (Lipinski definition) is 4. The van der Waals surface area contributed by atoms with Crippen LogP contribution in [0, 0.1) is 6.92 Å². The molecule has 3 rings (SSSR count). The molecule has 0 radical (unpaired) electrons. The second-order valence-electron chi connectivity index (χ2n) is 4.73. The van der Waals surface area contributed by atoms with Gasteiger partial charge in [-0.05, 0) is 41.6 Å². The van der Waals surface area contributed by atoms with E-state index in [2.05, 4.69) is 23.7 Å². The third-order valence-corrected chi connectivity index (χ3v) is 4.54. The Kier molecular flexibility index (Phi) is 4.15. The van der Waals surface area contributed by atoms with Gasteiger partial charge in [0.1, 0.15) is 13.2 Å². The van der Waals surface area contributed by atoms with Crippen molar-refractivity contribution in [1.82, 2.24) is 5.32 Å². The van der Waals surface area contributed by atoms with Gasteiger partial charge in [-0.3, -0.25) is 0 Å². The first-order chi connectivity index (χ1) is 9.74. The summed E-state index contributed by atoms with van der Waals surface area (Å²) >= 11 is 8.00. The number of rotatable bonds is 4. The molecule has 0 amide bonds. The van der Waals surface area contributed by atoms with Gasteiger partial charge in [-0.15, -0.1) is 11.3 Å². The lowest BCUT2D eigenvalue weighted by Gasteiger charge is -2.20. The van der Waals surface area contributed by atoms with Gasteiger partial charge in [0.25, 0.3) is 0 Å². The normalized spacial score (nSPS) is 13.5. The van der Waals surface area contributed by atoms with Crippen molar-refractivity contribution in [3.05, 3.63) is 44.6 Å². The van der Waals surface area contributed by atoms with Crippen molar-refractivity contribution in [2.24, 2.45) is 0 Å². The lowest BCUT2D eigenvalue weighted by Crippen LogP contribution is -2.17. The molecule has 5 heteroatoms. The van der Waals surface area contributed by atoms with Gasteiger partial charge in [0, 0.05) is 18.0 Å². The minimum Gasteiger partial charge on any atom is -0.486 e. The van der Waals surface area contributed by atoms with E-state index in [1.165, 1.54) is 10.4 Å². The fourth-order valence-corrected chi connectivity index (χ4v) is 3.34. The largest absolute Gasteiger partial charge is 0.486 e. The van der Waals surface area contributed by atoms with Crippen molar-refractivity contribution >= 4 is 22.9 Å². The van der Waals surface area contributed by atoms with Crippen LogP contribution in [-0.4, -0.2) is 13.2 Å². The predicted octanol–water partition coefficient (Wildman–Crippen LogP) is 3.77. The smallest absolute Gasteiger partial charge is 0.179 e. The number of fused-ring (bicyclic) bond motifs is 1. The molecule has 0 fully saturated rings. The second kappa shape index (κ2) is 6.04. The van der Waals surface area contributed by atoms with Crippen LogP contribution in [0.2, 0.25) is 5.02 Å². The van der Waals surface area contributed by atoms with Crippen molar-refractivity contribution in [2.45, 2.75) is 20.0 Å². The van der Waals surface area contributed by atoms with Gasteiger partial charge in [-0.2, -0.15) is 0 Å². The summed E-state index contributed by atoms with van der Waals surface area (Å²) in [5, 5.41) is 6.17. The lowest BCUT2D eigenvalue weighted by molar-refractivity contribution is 0.171. The van der Waals surface area contributed by atoms with Crippen molar-refractivity contribution in [3.63, 3.8) is 0 Å². The zero-order valence-corrected chi connectivity index (χ0v) is 12.8. The maximum atomic E-state index is 6.22. The van der Waals surface area contributed by atoms with Crippen LogP contribution in [0.25, 0.3) is 0 Å². The maximum absolute atomic E-state index is 6.22. The predicted molar refractivity (Wildman–Crippen MR) is 82.0 cm³/mol. The molecule has 0 aliphatic carbocycles. The molecule has 0 bridgehead atoms. The molecule has 0 spiro atoms. The van der Waals surface area contributed by atoms with Crippen LogP contribution in [0.3, 0.4) is 0 Å². The van der Waals surface area contributed by atoms with Gasteiger partial charge in [0.2, 0.25) is 0 Å². The molecule has 1 aromatic heterocycles. The number of halogens is 1. The highest BCUT2D eigenvalue weighted by Crippen LogP contribution is 2.38. The second-order valence-corrected chi connectivity index (χ2v) is 6.14. The Morgan fingerprint density at radius 3 is 2.90 bits per heavy atom. The van der Waals surface area contributed by atoms with E-state index in [0.717, 1.165) is 24.4 Å². The van der Waals surface area contributed by atoms with E-state index in [0.29, 0.717) is 24.0 Å². The molecular weight excluding hydrogens is 294 g/mol. The van der Waals surface area contributed by atoms with Crippen LogP contribution in [0.1, 0.15) is 16.0 Å². The molecule has 2 heterocycles. The number of hydrogen-bond donors (Lipinski definition) is 1. The molecular formula is C15H16ClNO2S. The number of benzene rings is 1. The summed E-state index contributed by atoms with van der Waals surface area (Å²) in [7, 11) is 0. The zero-order chi connectivity index (χ0) is 13.9. The van der Waals surface area contributed by atoms with Gasteiger partial charge in [-0.1, -0.05) is 11.6 Å². The third-order valence-electron chi connectivity index (χ3n) is 3.24. The van der Waals surface area contributed by atoms with E-state index in [1.54, 1.807) is 11.3 Å². The Bertz CT molecular complexity index is 612. The molecule has 1 aliphatic heterocycles. The quantitative estimate of drug-likeness (QED) is 0.932. The van der Waals surface area contributed by atoms with Crippen LogP contribution in [0.5, 0.6) is 11.5 Å². The van der Waals surface area contributed by atoms with E-state index in [4.69, 9.17) is 21.1 Å². The molecule has 3 nitrogen and oxygen atoms in total. The minimum absolute atomic E-state index is 0.558. The Balaban J connectivity index is 1.66. The number of ether oxygens (including phenoxy) is 2. The summed E-state index contributed by atoms with van der Waals surface area (Å²) in [6.45, 7) is 4.90. The molecule has 1 aliphatic rings. The highest BCUT2D eigenvalue weighted by molar-refractivity contribution is 7.10. The monoisotopic (exact) mass is 309 g/mol. The number of nitrogens with one attached hydrogen (secondary N) is 1. The molecule has 0 saturated carbocycles. The zero-order valence-electron chi connectivity index (χ0n) is 11.2. The van der Waals surface area contributed by atoms with E-state index < -0.39 is 0 Å². The summed E-state index contributed by atoms with van der Waals surface area (Å²) < 4.78 is 11.1. The molecule has 2 aromatic rings. The first-order valence-corrected chi connectivity index (χ1v) is 7.81. The van der Waals surface area contributed by atoms with Gasteiger partial charge < -0.3 is 14.8 Å². The molecule has 20 heavy (non-hydrogen) atoms. The Morgan fingerprint density at radius 2 is 2.10 bits per heavy atom. The SMILES string of the molecule is Cc1ccsc1CNCc1cc(Cl)c2c(c1)OCCO2. The summed E-state index contributed by atoms with van der Waals surface area (Å²) in [4.78, 5) is 1.37. The first-order valence-electron chi connectivity index (χ1n) is 6.56. The average molecular weight is 310 g/mol.